The van der Waals surface area contributed by atoms with Gasteiger partial charge in [0.25, 0.3) is 0 Å². The smallest absolute Gasteiger partial charge is 0.167 e. The van der Waals surface area contributed by atoms with Gasteiger partial charge < -0.3 is 15.6 Å². The molecule has 0 amide bonds. The lowest BCUT2D eigenvalue weighted by molar-refractivity contribution is -0.0227. The number of fused-ring (bicyclic) bond motifs is 1. The van der Waals surface area contributed by atoms with Crippen LogP contribution in [0.4, 0.5) is 5.82 Å². The highest BCUT2D eigenvalue weighted by atomic mass is 16.5. The molecule has 0 bridgehead atoms. The minimum absolute atomic E-state index is 0.165. The average Bonchev–Trinajstić information content (AvgIpc) is 2.93. The zero-order valence-electron chi connectivity index (χ0n) is 9.60. The van der Waals surface area contributed by atoms with Gasteiger partial charge in [-0.3, -0.25) is 4.57 Å². The molecule has 94 valence electrons. The number of aromatic nitrogens is 4. The summed E-state index contributed by atoms with van der Waals surface area (Å²) in [6, 6.07) is 0. The van der Waals surface area contributed by atoms with Gasteiger partial charge in [-0.15, -0.1) is 6.58 Å². The predicted octanol–water partition coefficient (Wildman–Crippen LogP) is 0.243. The van der Waals surface area contributed by atoms with Crippen molar-refractivity contribution < 1.29 is 9.84 Å². The lowest BCUT2D eigenvalue weighted by Gasteiger charge is -2.15. The molecule has 1 saturated heterocycles. The predicted molar refractivity (Wildman–Crippen MR) is 64.5 cm³/mol. The Bertz CT molecular complexity index is 596. The van der Waals surface area contributed by atoms with Crippen molar-refractivity contribution in [2.24, 2.45) is 0 Å². The van der Waals surface area contributed by atoms with E-state index in [2.05, 4.69) is 21.5 Å². The molecule has 1 aliphatic rings. The summed E-state index contributed by atoms with van der Waals surface area (Å²) < 4.78 is 7.34. The van der Waals surface area contributed by atoms with Gasteiger partial charge in [0.1, 0.15) is 17.9 Å². The molecule has 3 atom stereocenters. The number of hydrogen-bond donors (Lipinski definition) is 2. The standard InChI is InChI=1S/C11H13N5O2/c1-2-6-3-7(17)11(18-6)16-5-15-8-9(12)13-4-14-10(8)16/h2,4-7,11,17H,1,3H2,(H2,12,13,14)/t6-,7+,11-/m1/s1. The van der Waals surface area contributed by atoms with Crippen LogP contribution in [0, 0.1) is 0 Å². The number of nitrogens with zero attached hydrogens (tertiary/aromatic N) is 4. The molecule has 1 fully saturated rings. The maximum Gasteiger partial charge on any atom is 0.167 e. The van der Waals surface area contributed by atoms with Crippen LogP contribution < -0.4 is 5.73 Å². The van der Waals surface area contributed by atoms with Crippen LogP contribution in [-0.2, 0) is 4.74 Å². The van der Waals surface area contributed by atoms with E-state index in [4.69, 9.17) is 10.5 Å². The van der Waals surface area contributed by atoms with Crippen LogP contribution in [0.25, 0.3) is 11.2 Å². The zero-order valence-corrected chi connectivity index (χ0v) is 9.60. The second-order valence-corrected chi connectivity index (χ2v) is 4.19. The molecule has 0 radical (unpaired) electrons. The zero-order chi connectivity index (χ0) is 12.7. The Balaban J connectivity index is 2.05. The third-order valence-corrected chi connectivity index (χ3v) is 3.04. The molecular weight excluding hydrogens is 234 g/mol. The number of hydrogen-bond acceptors (Lipinski definition) is 6. The molecule has 0 unspecified atom stereocenters. The number of imidazole rings is 1. The van der Waals surface area contributed by atoms with E-state index in [1.807, 2.05) is 0 Å². The molecule has 7 heteroatoms. The van der Waals surface area contributed by atoms with Crippen molar-refractivity contribution in [1.82, 2.24) is 19.5 Å². The highest BCUT2D eigenvalue weighted by molar-refractivity contribution is 5.81. The Labute approximate surface area is 103 Å². The van der Waals surface area contributed by atoms with E-state index in [-0.39, 0.29) is 6.10 Å². The summed E-state index contributed by atoms with van der Waals surface area (Å²) in [5.41, 5.74) is 6.77. The first-order valence-electron chi connectivity index (χ1n) is 5.60. The van der Waals surface area contributed by atoms with Gasteiger partial charge in [0.15, 0.2) is 17.7 Å². The van der Waals surface area contributed by atoms with E-state index in [0.29, 0.717) is 23.4 Å². The van der Waals surface area contributed by atoms with Crippen LogP contribution in [0.2, 0.25) is 0 Å². The first-order chi connectivity index (χ1) is 8.70. The number of nitrogens with two attached hydrogens (primary N) is 1. The van der Waals surface area contributed by atoms with Gasteiger partial charge >= 0.3 is 0 Å². The van der Waals surface area contributed by atoms with Gasteiger partial charge in [0, 0.05) is 6.42 Å². The van der Waals surface area contributed by atoms with Gasteiger partial charge in [-0.05, 0) is 0 Å². The van der Waals surface area contributed by atoms with E-state index >= 15 is 0 Å². The maximum absolute atomic E-state index is 9.99. The molecule has 3 rings (SSSR count). The molecule has 0 spiro atoms. The summed E-state index contributed by atoms with van der Waals surface area (Å²) in [6.07, 6.45) is 3.78. The van der Waals surface area contributed by atoms with Crippen LogP contribution in [0.1, 0.15) is 12.6 Å². The topological polar surface area (TPSA) is 99.1 Å². The second kappa shape index (κ2) is 4.04. The molecule has 0 aliphatic carbocycles. The highest BCUT2D eigenvalue weighted by Gasteiger charge is 2.34. The van der Waals surface area contributed by atoms with Gasteiger partial charge in [-0.1, -0.05) is 6.08 Å². The summed E-state index contributed by atoms with van der Waals surface area (Å²) >= 11 is 0. The van der Waals surface area contributed by atoms with Crippen LogP contribution in [0.3, 0.4) is 0 Å². The monoisotopic (exact) mass is 247 g/mol. The van der Waals surface area contributed by atoms with Crippen LogP contribution in [0.15, 0.2) is 25.3 Å². The van der Waals surface area contributed by atoms with Crippen LogP contribution in [-0.4, -0.2) is 36.8 Å². The largest absolute Gasteiger partial charge is 0.388 e. The summed E-state index contributed by atoms with van der Waals surface area (Å²) in [6.45, 7) is 3.66. The summed E-state index contributed by atoms with van der Waals surface area (Å²) in [5, 5.41) is 9.99. The Morgan fingerprint density at radius 2 is 2.33 bits per heavy atom. The Kier molecular flexibility index (Phi) is 2.49. The second-order valence-electron chi connectivity index (χ2n) is 4.19. The van der Waals surface area contributed by atoms with Crippen molar-refractivity contribution >= 4 is 17.0 Å². The van der Waals surface area contributed by atoms with Crippen molar-refractivity contribution in [3.63, 3.8) is 0 Å². The SMILES string of the molecule is C=C[C@@H]1C[C@H](O)[C@H](n2cnc3c(N)ncnc32)O1. The van der Waals surface area contributed by atoms with E-state index < -0.39 is 12.3 Å². The van der Waals surface area contributed by atoms with Crippen LogP contribution in [0.5, 0.6) is 0 Å². The van der Waals surface area contributed by atoms with E-state index in [1.165, 1.54) is 6.33 Å². The lowest BCUT2D eigenvalue weighted by atomic mass is 10.2. The number of anilines is 1. The molecule has 7 nitrogen and oxygen atoms in total. The molecular formula is C11H13N5O2. The fraction of sp³-hybridized carbons (Fsp3) is 0.364. The minimum atomic E-state index is -0.624. The van der Waals surface area contributed by atoms with Gasteiger partial charge in [-0.25, -0.2) is 15.0 Å². The number of nitrogen functional groups attached to an aromatic ring is 1. The normalized spacial score (nSPS) is 27.7. The summed E-state index contributed by atoms with van der Waals surface area (Å²) in [5.74, 6) is 0.312. The van der Waals surface area contributed by atoms with Crippen molar-refractivity contribution in [3.8, 4) is 0 Å². The Morgan fingerprint density at radius 3 is 3.06 bits per heavy atom. The first kappa shape index (κ1) is 11.1. The minimum Gasteiger partial charge on any atom is -0.388 e. The molecule has 1 aliphatic heterocycles. The maximum atomic E-state index is 9.99. The van der Waals surface area contributed by atoms with E-state index in [9.17, 15) is 5.11 Å². The molecule has 0 aromatic carbocycles. The number of aliphatic hydroxyl groups is 1. The molecule has 3 N–H and O–H groups in total. The summed E-state index contributed by atoms with van der Waals surface area (Å²) in [4.78, 5) is 12.1. The molecule has 0 saturated carbocycles. The molecule has 18 heavy (non-hydrogen) atoms. The number of aliphatic hydroxyl groups excluding tert-OH is 1. The van der Waals surface area contributed by atoms with Crippen molar-refractivity contribution in [1.29, 1.82) is 0 Å². The first-order valence-corrected chi connectivity index (χ1v) is 5.60. The lowest BCUT2D eigenvalue weighted by Crippen LogP contribution is -2.19. The van der Waals surface area contributed by atoms with E-state index in [0.717, 1.165) is 0 Å². The third kappa shape index (κ3) is 1.56. The average molecular weight is 247 g/mol. The van der Waals surface area contributed by atoms with E-state index in [1.54, 1.807) is 17.0 Å². The van der Waals surface area contributed by atoms with Crippen molar-refractivity contribution in [3.05, 3.63) is 25.3 Å². The Hall–Kier alpha value is -1.99. The highest BCUT2D eigenvalue weighted by Crippen LogP contribution is 2.31. The molecule has 2 aromatic heterocycles. The van der Waals surface area contributed by atoms with Crippen LogP contribution >= 0.6 is 0 Å². The fourth-order valence-corrected chi connectivity index (χ4v) is 2.14. The molecule has 3 heterocycles. The number of rotatable bonds is 2. The summed E-state index contributed by atoms with van der Waals surface area (Å²) in [7, 11) is 0. The Morgan fingerprint density at radius 1 is 1.50 bits per heavy atom. The fourth-order valence-electron chi connectivity index (χ4n) is 2.14. The van der Waals surface area contributed by atoms with Gasteiger partial charge in [0.05, 0.1) is 12.4 Å². The number of ether oxygens (including phenoxy) is 1. The quantitative estimate of drug-likeness (QED) is 0.738. The van der Waals surface area contributed by atoms with Crippen molar-refractivity contribution in [2.75, 3.05) is 5.73 Å². The van der Waals surface area contributed by atoms with Gasteiger partial charge in [-0.2, -0.15) is 0 Å². The molecule has 2 aromatic rings. The van der Waals surface area contributed by atoms with Gasteiger partial charge in [0.2, 0.25) is 0 Å². The van der Waals surface area contributed by atoms with Crippen molar-refractivity contribution in [2.45, 2.75) is 24.9 Å². The third-order valence-electron chi connectivity index (χ3n) is 3.04.